The minimum Gasteiger partial charge on any atom is -0.341 e. The number of carbonyl (C=O) groups is 2. The molecule has 0 aliphatic carbocycles. The normalized spacial score (nSPS) is 16.1. The van der Waals surface area contributed by atoms with E-state index in [4.69, 9.17) is 0 Å². The lowest BCUT2D eigenvalue weighted by molar-refractivity contribution is -0.139. The first-order chi connectivity index (χ1) is 10.9. The van der Waals surface area contributed by atoms with Crippen LogP contribution in [0, 0.1) is 5.41 Å². The fourth-order valence-corrected chi connectivity index (χ4v) is 2.90. The molecule has 0 radical (unpaired) electrons. The minimum atomic E-state index is -0.355. The molecule has 1 fully saturated rings. The first kappa shape index (κ1) is 17.5. The second-order valence-electron chi connectivity index (χ2n) is 7.26. The van der Waals surface area contributed by atoms with Crippen molar-refractivity contribution in [3.05, 3.63) is 35.9 Å². The maximum atomic E-state index is 12.4. The molecule has 4 nitrogen and oxygen atoms in total. The summed E-state index contributed by atoms with van der Waals surface area (Å²) in [5, 5.41) is 0. The molecule has 23 heavy (non-hydrogen) atoms. The summed E-state index contributed by atoms with van der Waals surface area (Å²) >= 11 is 0. The highest BCUT2D eigenvalue weighted by atomic mass is 16.2. The van der Waals surface area contributed by atoms with Gasteiger partial charge in [0.1, 0.15) is 0 Å². The molecular formula is C19H28N2O2. The zero-order chi connectivity index (χ0) is 16.9. The summed E-state index contributed by atoms with van der Waals surface area (Å²) in [4.78, 5) is 28.6. The quantitative estimate of drug-likeness (QED) is 0.860. The molecule has 1 aromatic rings. The van der Waals surface area contributed by atoms with Crippen LogP contribution in [0.4, 0.5) is 0 Å². The lowest BCUT2D eigenvalue weighted by Gasteiger charge is -2.28. The van der Waals surface area contributed by atoms with Gasteiger partial charge in [0.25, 0.3) is 0 Å². The Balaban J connectivity index is 1.85. The van der Waals surface area contributed by atoms with E-state index in [1.165, 1.54) is 5.56 Å². The Hall–Kier alpha value is -1.84. The van der Waals surface area contributed by atoms with E-state index in [0.29, 0.717) is 19.5 Å². The molecule has 2 amide bonds. The van der Waals surface area contributed by atoms with E-state index in [-0.39, 0.29) is 17.2 Å². The molecule has 1 heterocycles. The molecular weight excluding hydrogens is 288 g/mol. The number of aryl methyl sites for hydroxylation is 1. The van der Waals surface area contributed by atoms with Crippen molar-refractivity contribution in [1.82, 2.24) is 9.80 Å². The van der Waals surface area contributed by atoms with Crippen LogP contribution in [-0.2, 0) is 16.0 Å². The van der Waals surface area contributed by atoms with E-state index in [2.05, 4.69) is 12.1 Å². The summed E-state index contributed by atoms with van der Waals surface area (Å²) < 4.78 is 0. The van der Waals surface area contributed by atoms with Crippen molar-refractivity contribution >= 4 is 11.8 Å². The van der Waals surface area contributed by atoms with Crippen molar-refractivity contribution in [3.8, 4) is 0 Å². The highest BCUT2D eigenvalue weighted by molar-refractivity contribution is 5.82. The summed E-state index contributed by atoms with van der Waals surface area (Å²) in [6.07, 6.45) is 2.18. The summed E-state index contributed by atoms with van der Waals surface area (Å²) in [5.74, 6) is 0.370. The number of nitrogens with zero attached hydrogens (tertiary/aromatic N) is 2. The Morgan fingerprint density at radius 1 is 0.957 bits per heavy atom. The number of carbonyl (C=O) groups excluding carboxylic acids is 2. The van der Waals surface area contributed by atoms with Crippen LogP contribution in [0.2, 0.25) is 0 Å². The third-order valence-corrected chi connectivity index (χ3v) is 4.25. The molecule has 1 aliphatic heterocycles. The Morgan fingerprint density at radius 2 is 1.57 bits per heavy atom. The highest BCUT2D eigenvalue weighted by Gasteiger charge is 2.29. The maximum Gasteiger partial charge on any atom is 0.228 e. The molecule has 0 unspecified atom stereocenters. The van der Waals surface area contributed by atoms with Gasteiger partial charge in [-0.05, 0) is 18.4 Å². The van der Waals surface area contributed by atoms with Crippen molar-refractivity contribution in [3.63, 3.8) is 0 Å². The van der Waals surface area contributed by atoms with Gasteiger partial charge in [-0.15, -0.1) is 0 Å². The van der Waals surface area contributed by atoms with Crippen LogP contribution in [-0.4, -0.2) is 47.8 Å². The van der Waals surface area contributed by atoms with E-state index in [1.54, 1.807) is 0 Å². The molecule has 1 aromatic carbocycles. The van der Waals surface area contributed by atoms with Crippen LogP contribution in [0.1, 0.15) is 39.2 Å². The van der Waals surface area contributed by atoms with Gasteiger partial charge >= 0.3 is 0 Å². The zero-order valence-electron chi connectivity index (χ0n) is 14.5. The Bertz CT molecular complexity index is 534. The number of rotatable bonds is 3. The fraction of sp³-hybridized carbons (Fsp3) is 0.579. The fourth-order valence-electron chi connectivity index (χ4n) is 2.90. The molecule has 0 N–H and O–H groups in total. The monoisotopic (exact) mass is 316 g/mol. The average molecular weight is 316 g/mol. The Labute approximate surface area is 139 Å². The first-order valence-corrected chi connectivity index (χ1v) is 8.49. The summed E-state index contributed by atoms with van der Waals surface area (Å²) in [6.45, 7) is 8.64. The minimum absolute atomic E-state index is 0.177. The topological polar surface area (TPSA) is 40.6 Å². The standard InChI is InChI=1S/C19H28N2O2/c1-19(2,3)18(23)21-13-7-12-20(14-15-21)17(22)11-10-16-8-5-4-6-9-16/h4-6,8-9H,7,10-15H2,1-3H3. The van der Waals surface area contributed by atoms with Crippen LogP contribution < -0.4 is 0 Å². The summed E-state index contributed by atoms with van der Waals surface area (Å²) in [7, 11) is 0. The summed E-state index contributed by atoms with van der Waals surface area (Å²) in [5.41, 5.74) is 0.840. The van der Waals surface area contributed by atoms with Crippen LogP contribution >= 0.6 is 0 Å². The molecule has 2 rings (SSSR count). The molecule has 0 bridgehead atoms. The lowest BCUT2D eigenvalue weighted by Crippen LogP contribution is -2.42. The molecule has 0 atom stereocenters. The van der Waals surface area contributed by atoms with Crippen molar-refractivity contribution in [2.24, 2.45) is 5.41 Å². The molecule has 0 saturated carbocycles. The van der Waals surface area contributed by atoms with Gasteiger partial charge in [-0.3, -0.25) is 9.59 Å². The smallest absolute Gasteiger partial charge is 0.228 e. The van der Waals surface area contributed by atoms with Gasteiger partial charge in [-0.2, -0.15) is 0 Å². The average Bonchev–Trinajstić information content (AvgIpc) is 2.78. The van der Waals surface area contributed by atoms with Crippen molar-refractivity contribution in [1.29, 1.82) is 0 Å². The zero-order valence-corrected chi connectivity index (χ0v) is 14.5. The van der Waals surface area contributed by atoms with Gasteiger partial charge < -0.3 is 9.80 Å². The van der Waals surface area contributed by atoms with Gasteiger partial charge in [0.15, 0.2) is 0 Å². The van der Waals surface area contributed by atoms with Gasteiger partial charge in [0.05, 0.1) is 0 Å². The predicted octanol–water partition coefficient (Wildman–Crippen LogP) is 2.73. The van der Waals surface area contributed by atoms with E-state index in [0.717, 1.165) is 25.9 Å². The third-order valence-electron chi connectivity index (χ3n) is 4.25. The number of benzene rings is 1. The van der Waals surface area contributed by atoms with Gasteiger partial charge in [0.2, 0.25) is 11.8 Å². The highest BCUT2D eigenvalue weighted by Crippen LogP contribution is 2.19. The van der Waals surface area contributed by atoms with Gasteiger partial charge in [-0.1, -0.05) is 51.1 Å². The van der Waals surface area contributed by atoms with E-state index >= 15 is 0 Å². The van der Waals surface area contributed by atoms with Crippen molar-refractivity contribution in [2.45, 2.75) is 40.0 Å². The lowest BCUT2D eigenvalue weighted by atomic mass is 9.94. The predicted molar refractivity (Wildman–Crippen MR) is 92.0 cm³/mol. The Kier molecular flexibility index (Phi) is 5.80. The van der Waals surface area contributed by atoms with Gasteiger partial charge in [-0.25, -0.2) is 0 Å². The Morgan fingerprint density at radius 3 is 2.22 bits per heavy atom. The second kappa shape index (κ2) is 7.62. The van der Waals surface area contributed by atoms with E-state index in [9.17, 15) is 9.59 Å². The molecule has 4 heteroatoms. The molecule has 0 aromatic heterocycles. The van der Waals surface area contributed by atoms with Gasteiger partial charge in [0, 0.05) is 38.0 Å². The number of hydrogen-bond acceptors (Lipinski definition) is 2. The van der Waals surface area contributed by atoms with Crippen LogP contribution in [0.25, 0.3) is 0 Å². The van der Waals surface area contributed by atoms with Crippen LogP contribution in [0.3, 0.4) is 0 Å². The van der Waals surface area contributed by atoms with Crippen molar-refractivity contribution in [2.75, 3.05) is 26.2 Å². The SMILES string of the molecule is CC(C)(C)C(=O)N1CCCN(C(=O)CCc2ccccc2)CC1. The molecule has 126 valence electrons. The van der Waals surface area contributed by atoms with Crippen molar-refractivity contribution < 1.29 is 9.59 Å². The van der Waals surface area contributed by atoms with Crippen LogP contribution in [0.5, 0.6) is 0 Å². The first-order valence-electron chi connectivity index (χ1n) is 8.49. The van der Waals surface area contributed by atoms with E-state index < -0.39 is 0 Å². The van der Waals surface area contributed by atoms with E-state index in [1.807, 2.05) is 48.8 Å². The number of hydrogen-bond donors (Lipinski definition) is 0. The largest absolute Gasteiger partial charge is 0.341 e. The maximum absolute atomic E-state index is 12.4. The third kappa shape index (κ3) is 5.08. The summed E-state index contributed by atoms with van der Waals surface area (Å²) in [6, 6.07) is 10.1. The molecule has 1 saturated heterocycles. The second-order valence-corrected chi connectivity index (χ2v) is 7.26. The molecule has 1 aliphatic rings. The van der Waals surface area contributed by atoms with Crippen LogP contribution in [0.15, 0.2) is 30.3 Å². The molecule has 0 spiro atoms. The number of amides is 2.